The van der Waals surface area contributed by atoms with Crippen molar-refractivity contribution in [2.24, 2.45) is 0 Å². The predicted molar refractivity (Wildman–Crippen MR) is 132 cm³/mol. The van der Waals surface area contributed by atoms with E-state index in [0.29, 0.717) is 54.4 Å². The Hall–Kier alpha value is -3.37. The second-order valence-corrected chi connectivity index (χ2v) is 9.98. The lowest BCUT2D eigenvalue weighted by atomic mass is 9.76. The summed E-state index contributed by atoms with van der Waals surface area (Å²) in [4.78, 5) is 22.8. The first-order chi connectivity index (χ1) is 17.9. The van der Waals surface area contributed by atoms with Crippen LogP contribution in [0.2, 0.25) is 0 Å². The molecule has 3 fully saturated rings. The van der Waals surface area contributed by atoms with E-state index in [9.17, 15) is 9.18 Å². The normalized spacial score (nSPS) is 22.6. The van der Waals surface area contributed by atoms with Gasteiger partial charge in [-0.2, -0.15) is 0 Å². The first-order valence-electron chi connectivity index (χ1n) is 12.6. The summed E-state index contributed by atoms with van der Waals surface area (Å²) in [6.45, 7) is 1.74. The third-order valence-electron chi connectivity index (χ3n) is 7.86. The number of carbonyl (C=O) groups is 1. The van der Waals surface area contributed by atoms with Crippen LogP contribution < -0.4 is 14.8 Å². The van der Waals surface area contributed by atoms with Gasteiger partial charge in [0.25, 0.3) is 0 Å². The minimum Gasteiger partial charge on any atom is -0.494 e. The summed E-state index contributed by atoms with van der Waals surface area (Å²) in [7, 11) is 1.38. The van der Waals surface area contributed by atoms with Crippen LogP contribution in [0.3, 0.4) is 0 Å². The summed E-state index contributed by atoms with van der Waals surface area (Å²) in [6.07, 6.45) is 5.77. The van der Waals surface area contributed by atoms with Crippen molar-refractivity contribution in [2.75, 3.05) is 32.1 Å². The molecular formula is C27H28F2N4O4. The first-order valence-corrected chi connectivity index (χ1v) is 12.6. The molecule has 37 heavy (non-hydrogen) atoms. The number of hydrogen-bond donors (Lipinski definition) is 1. The monoisotopic (exact) mass is 510 g/mol. The van der Waals surface area contributed by atoms with Gasteiger partial charge in [0, 0.05) is 35.6 Å². The molecule has 0 spiro atoms. The second-order valence-electron chi connectivity index (χ2n) is 9.98. The van der Waals surface area contributed by atoms with Crippen LogP contribution in [0, 0.1) is 11.6 Å². The Labute approximate surface area is 212 Å². The number of methoxy groups -OCH3 is 1. The molecule has 1 aliphatic carbocycles. The van der Waals surface area contributed by atoms with Crippen molar-refractivity contribution < 1.29 is 27.8 Å². The van der Waals surface area contributed by atoms with E-state index in [1.807, 2.05) is 12.1 Å². The lowest BCUT2D eigenvalue weighted by molar-refractivity contribution is -0.138. The lowest BCUT2D eigenvalue weighted by Gasteiger charge is -2.52. The van der Waals surface area contributed by atoms with Crippen molar-refractivity contribution in [1.29, 1.82) is 0 Å². The molecular weight excluding hydrogens is 482 g/mol. The maximum absolute atomic E-state index is 15.1. The maximum Gasteiger partial charge on any atom is 0.332 e. The van der Waals surface area contributed by atoms with E-state index < -0.39 is 11.6 Å². The number of fused-ring (bicyclic) bond motifs is 5. The number of benzene rings is 1. The van der Waals surface area contributed by atoms with Crippen molar-refractivity contribution in [2.45, 2.75) is 50.3 Å². The Morgan fingerprint density at radius 2 is 2.05 bits per heavy atom. The van der Waals surface area contributed by atoms with Crippen molar-refractivity contribution in [3.05, 3.63) is 53.4 Å². The minimum absolute atomic E-state index is 0.0528. The molecule has 0 radical (unpaired) electrons. The summed E-state index contributed by atoms with van der Waals surface area (Å²) >= 11 is 0. The number of rotatable bonds is 7. The molecule has 0 unspecified atom stereocenters. The summed E-state index contributed by atoms with van der Waals surface area (Å²) in [6, 6.07) is 6.57. The number of ether oxygens (including phenoxy) is 3. The molecule has 0 atom stereocenters. The average molecular weight is 511 g/mol. The van der Waals surface area contributed by atoms with Crippen molar-refractivity contribution in [3.8, 4) is 11.6 Å². The topological polar surface area (TPSA) is 85.8 Å². The Balaban J connectivity index is 1.32. The number of nitrogens with zero attached hydrogens (tertiary/aromatic N) is 3. The van der Waals surface area contributed by atoms with Gasteiger partial charge in [0.05, 0.1) is 42.9 Å². The van der Waals surface area contributed by atoms with E-state index in [1.54, 1.807) is 0 Å². The average Bonchev–Trinajstić information content (AvgIpc) is 2.92. The zero-order valence-corrected chi connectivity index (χ0v) is 20.6. The quantitative estimate of drug-likeness (QED) is 0.478. The molecule has 3 aromatic rings. The number of esters is 1. The lowest BCUT2D eigenvalue weighted by Crippen LogP contribution is -2.59. The molecule has 7 rings (SSSR count). The standard InChI is InChI=1S/C27H28F2N4O4/c1-35-24-10-19-18(21(29)12-30-23(19)11-20(24)28)6-9-33(27-7-4-17(5-8-27)36-15-27)14-16-2-3-22-26(32-16)37-25(34)13-31-22/h2-3,10-12,17,31H,4-9,13-15H2,1H3. The maximum atomic E-state index is 15.1. The van der Waals surface area contributed by atoms with E-state index in [2.05, 4.69) is 20.2 Å². The molecule has 2 bridgehead atoms. The van der Waals surface area contributed by atoms with E-state index in [-0.39, 0.29) is 29.7 Å². The highest BCUT2D eigenvalue weighted by atomic mass is 19.1. The molecule has 1 aromatic carbocycles. The molecule has 5 heterocycles. The van der Waals surface area contributed by atoms with Gasteiger partial charge in [0.15, 0.2) is 11.6 Å². The smallest absolute Gasteiger partial charge is 0.332 e. The predicted octanol–water partition coefficient (Wildman–Crippen LogP) is 4.00. The molecule has 8 nitrogen and oxygen atoms in total. The molecule has 1 N–H and O–H groups in total. The highest BCUT2D eigenvalue weighted by Crippen LogP contribution is 2.42. The van der Waals surface area contributed by atoms with E-state index in [1.165, 1.54) is 19.2 Å². The van der Waals surface area contributed by atoms with Crippen LogP contribution in [0.4, 0.5) is 14.5 Å². The van der Waals surface area contributed by atoms with Gasteiger partial charge in [-0.15, -0.1) is 0 Å². The van der Waals surface area contributed by atoms with Crippen LogP contribution in [0.5, 0.6) is 11.6 Å². The second kappa shape index (κ2) is 9.50. The summed E-state index contributed by atoms with van der Waals surface area (Å²) in [5.41, 5.74) is 2.09. The highest BCUT2D eigenvalue weighted by Gasteiger charge is 2.45. The van der Waals surface area contributed by atoms with Crippen LogP contribution in [0.25, 0.3) is 10.9 Å². The van der Waals surface area contributed by atoms with Crippen LogP contribution in [0.15, 0.2) is 30.5 Å². The van der Waals surface area contributed by atoms with E-state index >= 15 is 4.39 Å². The number of halogens is 2. The Kier molecular flexibility index (Phi) is 6.16. The van der Waals surface area contributed by atoms with Gasteiger partial charge in [-0.3, -0.25) is 9.88 Å². The van der Waals surface area contributed by atoms with Crippen LogP contribution in [-0.4, -0.2) is 59.3 Å². The highest BCUT2D eigenvalue weighted by molar-refractivity contribution is 5.84. The molecule has 0 amide bonds. The number of aromatic nitrogens is 2. The molecule has 1 saturated carbocycles. The van der Waals surface area contributed by atoms with Gasteiger partial charge < -0.3 is 19.5 Å². The van der Waals surface area contributed by atoms with E-state index in [4.69, 9.17) is 14.2 Å². The van der Waals surface area contributed by atoms with Crippen LogP contribution in [-0.2, 0) is 22.5 Å². The molecule has 10 heteroatoms. The largest absolute Gasteiger partial charge is 0.494 e. The third-order valence-corrected chi connectivity index (χ3v) is 7.86. The number of nitrogens with one attached hydrogen (secondary N) is 1. The Morgan fingerprint density at radius 1 is 1.22 bits per heavy atom. The van der Waals surface area contributed by atoms with Gasteiger partial charge in [0.2, 0.25) is 5.88 Å². The molecule has 3 aliphatic heterocycles. The van der Waals surface area contributed by atoms with E-state index in [0.717, 1.165) is 37.6 Å². The summed E-state index contributed by atoms with van der Waals surface area (Å²) in [5, 5.41) is 3.54. The van der Waals surface area contributed by atoms with Gasteiger partial charge in [-0.25, -0.2) is 18.6 Å². The fraction of sp³-hybridized carbons (Fsp3) is 0.444. The SMILES string of the molecule is COc1cc2c(CCN(Cc3ccc4c(n3)OC(=O)CN4)C34CCC(CC3)OC4)c(F)cnc2cc1F. The van der Waals surface area contributed by atoms with Crippen LogP contribution in [0.1, 0.15) is 36.9 Å². The van der Waals surface area contributed by atoms with Gasteiger partial charge >= 0.3 is 5.97 Å². The van der Waals surface area contributed by atoms with Crippen molar-refractivity contribution >= 4 is 22.6 Å². The van der Waals surface area contributed by atoms with Crippen LogP contribution >= 0.6 is 0 Å². The molecule has 194 valence electrons. The first kappa shape index (κ1) is 24.0. The third kappa shape index (κ3) is 4.48. The number of hydrogen-bond acceptors (Lipinski definition) is 8. The number of anilines is 1. The Morgan fingerprint density at radius 3 is 2.81 bits per heavy atom. The zero-order valence-electron chi connectivity index (χ0n) is 20.6. The van der Waals surface area contributed by atoms with Crippen molar-refractivity contribution in [3.63, 3.8) is 0 Å². The fourth-order valence-electron chi connectivity index (χ4n) is 5.77. The fourth-order valence-corrected chi connectivity index (χ4v) is 5.77. The summed E-state index contributed by atoms with van der Waals surface area (Å²) < 4.78 is 45.9. The Bertz CT molecular complexity index is 1350. The van der Waals surface area contributed by atoms with Gasteiger partial charge in [-0.05, 0) is 50.3 Å². The molecule has 2 aromatic heterocycles. The molecule has 4 aliphatic rings. The molecule has 2 saturated heterocycles. The van der Waals surface area contributed by atoms with Gasteiger partial charge in [0.1, 0.15) is 12.4 Å². The number of carbonyl (C=O) groups excluding carboxylic acids is 1. The number of pyridine rings is 2. The minimum atomic E-state index is -0.537. The van der Waals surface area contributed by atoms with Crippen molar-refractivity contribution in [1.82, 2.24) is 14.9 Å². The summed E-state index contributed by atoms with van der Waals surface area (Å²) in [5.74, 6) is -1.02. The zero-order chi connectivity index (χ0) is 25.6. The van der Waals surface area contributed by atoms with Gasteiger partial charge in [-0.1, -0.05) is 0 Å².